The van der Waals surface area contributed by atoms with E-state index in [1.165, 1.54) is 6.42 Å². The Kier molecular flexibility index (Phi) is 7.07. The van der Waals surface area contributed by atoms with Gasteiger partial charge in [-0.05, 0) is 31.4 Å². The fourth-order valence-electron chi connectivity index (χ4n) is 2.92. The van der Waals surface area contributed by atoms with Crippen molar-refractivity contribution < 1.29 is 9.59 Å². The van der Waals surface area contributed by atoms with Crippen LogP contribution in [-0.4, -0.2) is 48.9 Å². The molecule has 0 radical (unpaired) electrons. The van der Waals surface area contributed by atoms with Gasteiger partial charge in [-0.15, -0.1) is 0 Å². The van der Waals surface area contributed by atoms with Crippen molar-refractivity contribution in [2.75, 3.05) is 26.2 Å². The molecular formula is C18H27N3O2. The van der Waals surface area contributed by atoms with Crippen LogP contribution in [0.2, 0.25) is 0 Å². The van der Waals surface area contributed by atoms with E-state index in [9.17, 15) is 9.59 Å². The van der Waals surface area contributed by atoms with Crippen LogP contribution in [0, 0.1) is 0 Å². The van der Waals surface area contributed by atoms with Gasteiger partial charge in [0.05, 0.1) is 13.0 Å². The fraction of sp³-hybridized carbons (Fsp3) is 0.556. The lowest BCUT2D eigenvalue weighted by molar-refractivity contribution is -0.126. The lowest BCUT2D eigenvalue weighted by Gasteiger charge is -2.32. The third-order valence-electron chi connectivity index (χ3n) is 4.15. The van der Waals surface area contributed by atoms with Gasteiger partial charge < -0.3 is 15.5 Å². The molecule has 1 saturated heterocycles. The van der Waals surface area contributed by atoms with Crippen LogP contribution in [0.4, 0.5) is 0 Å². The van der Waals surface area contributed by atoms with Crippen molar-refractivity contribution in [2.24, 2.45) is 0 Å². The molecule has 0 spiro atoms. The first-order valence-corrected chi connectivity index (χ1v) is 8.49. The Bertz CT molecular complexity index is 496. The van der Waals surface area contributed by atoms with Gasteiger partial charge in [-0.2, -0.15) is 0 Å². The van der Waals surface area contributed by atoms with E-state index in [2.05, 4.69) is 22.5 Å². The summed E-state index contributed by atoms with van der Waals surface area (Å²) >= 11 is 0. The summed E-state index contributed by atoms with van der Waals surface area (Å²) < 4.78 is 0. The van der Waals surface area contributed by atoms with Gasteiger partial charge in [0, 0.05) is 19.1 Å². The molecule has 1 heterocycles. The zero-order valence-electron chi connectivity index (χ0n) is 13.9. The highest BCUT2D eigenvalue weighted by molar-refractivity contribution is 5.85. The lowest BCUT2D eigenvalue weighted by Crippen LogP contribution is -2.47. The smallest absolute Gasteiger partial charge is 0.239 e. The summed E-state index contributed by atoms with van der Waals surface area (Å²) in [6.07, 6.45) is 3.46. The number of piperidine rings is 1. The summed E-state index contributed by atoms with van der Waals surface area (Å²) in [6, 6.07) is 9.77. The molecule has 0 saturated carbocycles. The molecule has 1 aromatic carbocycles. The second kappa shape index (κ2) is 9.30. The van der Waals surface area contributed by atoms with Crippen LogP contribution in [0.25, 0.3) is 0 Å². The largest absolute Gasteiger partial charge is 0.352 e. The van der Waals surface area contributed by atoms with Gasteiger partial charge in [-0.3, -0.25) is 9.59 Å². The summed E-state index contributed by atoms with van der Waals surface area (Å²) in [5.41, 5.74) is 0.953. The Balaban J connectivity index is 1.62. The number of nitrogens with zero attached hydrogens (tertiary/aromatic N) is 1. The molecular weight excluding hydrogens is 290 g/mol. The minimum Gasteiger partial charge on any atom is -0.352 e. The van der Waals surface area contributed by atoms with Crippen LogP contribution < -0.4 is 10.6 Å². The Labute approximate surface area is 138 Å². The van der Waals surface area contributed by atoms with E-state index >= 15 is 0 Å². The molecule has 2 amide bonds. The minimum atomic E-state index is -0.121. The molecule has 5 heteroatoms. The second-order valence-electron chi connectivity index (χ2n) is 6.12. The number of benzene rings is 1. The minimum absolute atomic E-state index is 0.0564. The van der Waals surface area contributed by atoms with E-state index in [0.717, 1.165) is 38.0 Å². The van der Waals surface area contributed by atoms with Crippen molar-refractivity contribution in [2.45, 2.75) is 38.6 Å². The number of carbonyl (C=O) groups is 2. The summed E-state index contributed by atoms with van der Waals surface area (Å²) in [6.45, 7) is 5.46. The van der Waals surface area contributed by atoms with Gasteiger partial charge in [0.25, 0.3) is 0 Å². The van der Waals surface area contributed by atoms with Crippen LogP contribution in [0.1, 0.15) is 31.7 Å². The van der Waals surface area contributed by atoms with Crippen LogP contribution in [0.15, 0.2) is 30.3 Å². The van der Waals surface area contributed by atoms with Crippen molar-refractivity contribution in [1.29, 1.82) is 0 Å². The highest BCUT2D eigenvalue weighted by Gasteiger charge is 2.20. The van der Waals surface area contributed by atoms with E-state index in [4.69, 9.17) is 0 Å². The van der Waals surface area contributed by atoms with Crippen LogP contribution in [-0.2, 0) is 16.0 Å². The molecule has 1 aliphatic rings. The van der Waals surface area contributed by atoms with Crippen LogP contribution in [0.3, 0.4) is 0 Å². The van der Waals surface area contributed by atoms with E-state index in [0.29, 0.717) is 6.42 Å². The standard InChI is InChI=1S/C18H27N3O2/c1-2-10-21-11-8-16(9-12-21)20-18(23)14-19-17(22)13-15-6-4-3-5-7-15/h3-7,16H,2,8-14H2,1H3,(H,19,22)(H,20,23). The molecule has 0 unspecified atom stereocenters. The maximum atomic E-state index is 11.9. The SMILES string of the molecule is CCCN1CCC(NC(=O)CNC(=O)Cc2ccccc2)CC1. The average molecular weight is 317 g/mol. The predicted molar refractivity (Wildman–Crippen MR) is 91.1 cm³/mol. The maximum Gasteiger partial charge on any atom is 0.239 e. The lowest BCUT2D eigenvalue weighted by atomic mass is 10.0. The molecule has 5 nitrogen and oxygen atoms in total. The molecule has 1 fully saturated rings. The Hall–Kier alpha value is -1.88. The summed E-state index contributed by atoms with van der Waals surface area (Å²) in [4.78, 5) is 26.2. The zero-order chi connectivity index (χ0) is 16.5. The van der Waals surface area contributed by atoms with Crippen molar-refractivity contribution in [3.05, 3.63) is 35.9 Å². The molecule has 1 aromatic rings. The quantitative estimate of drug-likeness (QED) is 0.798. The van der Waals surface area contributed by atoms with Crippen LogP contribution in [0.5, 0.6) is 0 Å². The van der Waals surface area contributed by atoms with E-state index in [1.54, 1.807) is 0 Å². The highest BCUT2D eigenvalue weighted by atomic mass is 16.2. The molecule has 0 aliphatic carbocycles. The summed E-state index contributed by atoms with van der Waals surface area (Å²) in [5, 5.41) is 5.71. The van der Waals surface area contributed by atoms with Crippen LogP contribution >= 0.6 is 0 Å². The number of nitrogens with one attached hydrogen (secondary N) is 2. The van der Waals surface area contributed by atoms with Gasteiger partial charge in [-0.25, -0.2) is 0 Å². The van der Waals surface area contributed by atoms with Crippen molar-refractivity contribution in [1.82, 2.24) is 15.5 Å². The number of hydrogen-bond donors (Lipinski definition) is 2. The molecule has 0 aromatic heterocycles. The monoisotopic (exact) mass is 317 g/mol. The first-order valence-electron chi connectivity index (χ1n) is 8.49. The van der Waals surface area contributed by atoms with Crippen molar-refractivity contribution in [3.8, 4) is 0 Å². The third-order valence-corrected chi connectivity index (χ3v) is 4.15. The highest BCUT2D eigenvalue weighted by Crippen LogP contribution is 2.10. The number of likely N-dealkylation sites (tertiary alicyclic amines) is 1. The molecule has 0 atom stereocenters. The van der Waals surface area contributed by atoms with E-state index in [1.807, 2.05) is 30.3 Å². The van der Waals surface area contributed by atoms with Crippen molar-refractivity contribution >= 4 is 11.8 Å². The van der Waals surface area contributed by atoms with E-state index in [-0.39, 0.29) is 24.4 Å². The topological polar surface area (TPSA) is 61.4 Å². The second-order valence-corrected chi connectivity index (χ2v) is 6.12. The predicted octanol–water partition coefficient (Wildman–Crippen LogP) is 1.34. The molecule has 126 valence electrons. The number of amides is 2. The normalized spacial score (nSPS) is 16.0. The van der Waals surface area contributed by atoms with E-state index < -0.39 is 0 Å². The van der Waals surface area contributed by atoms with Gasteiger partial charge in [0.2, 0.25) is 11.8 Å². The number of carbonyl (C=O) groups excluding carboxylic acids is 2. The van der Waals surface area contributed by atoms with Gasteiger partial charge >= 0.3 is 0 Å². The molecule has 0 bridgehead atoms. The Morgan fingerprint density at radius 1 is 1.13 bits per heavy atom. The van der Waals surface area contributed by atoms with Gasteiger partial charge in [0.15, 0.2) is 0 Å². The first kappa shape index (κ1) is 17.5. The first-order chi connectivity index (χ1) is 11.2. The molecule has 2 rings (SSSR count). The molecule has 23 heavy (non-hydrogen) atoms. The average Bonchev–Trinajstić information content (AvgIpc) is 2.56. The van der Waals surface area contributed by atoms with Gasteiger partial charge in [-0.1, -0.05) is 37.3 Å². The number of hydrogen-bond acceptors (Lipinski definition) is 3. The Morgan fingerprint density at radius 3 is 2.48 bits per heavy atom. The number of rotatable bonds is 7. The maximum absolute atomic E-state index is 11.9. The van der Waals surface area contributed by atoms with Gasteiger partial charge in [0.1, 0.15) is 0 Å². The van der Waals surface area contributed by atoms with Crippen molar-refractivity contribution in [3.63, 3.8) is 0 Å². The molecule has 2 N–H and O–H groups in total. The Morgan fingerprint density at radius 2 is 1.83 bits per heavy atom. The third kappa shape index (κ3) is 6.40. The molecule has 1 aliphatic heterocycles. The summed E-state index contributed by atoms with van der Waals surface area (Å²) in [5.74, 6) is -0.218. The zero-order valence-corrected chi connectivity index (χ0v) is 13.9. The fourth-order valence-corrected chi connectivity index (χ4v) is 2.92. The summed E-state index contributed by atoms with van der Waals surface area (Å²) in [7, 11) is 0.